The maximum absolute atomic E-state index is 8.91. The highest BCUT2D eigenvalue weighted by atomic mass is 15.3. The predicted octanol–water partition coefficient (Wildman–Crippen LogP) is 1.54. The molecule has 0 spiro atoms. The van der Waals surface area contributed by atoms with Crippen molar-refractivity contribution in [3.05, 3.63) is 42.7 Å². The van der Waals surface area contributed by atoms with Gasteiger partial charge in [-0.15, -0.1) is 0 Å². The van der Waals surface area contributed by atoms with Crippen molar-refractivity contribution in [2.24, 2.45) is 0 Å². The summed E-state index contributed by atoms with van der Waals surface area (Å²) in [6.45, 7) is 1.72. The Kier molecular flexibility index (Phi) is 2.93. The summed E-state index contributed by atoms with van der Waals surface area (Å²) in [6, 6.07) is 4.32. The Bertz CT molecular complexity index is 858. The molecular formula is C15H13N7. The van der Waals surface area contributed by atoms with Crippen molar-refractivity contribution in [2.75, 3.05) is 18.0 Å². The maximum Gasteiger partial charge on any atom is 0.140 e. The maximum atomic E-state index is 8.91. The molecule has 0 radical (unpaired) electrons. The Hall–Kier alpha value is -3.01. The zero-order valence-corrected chi connectivity index (χ0v) is 11.8. The van der Waals surface area contributed by atoms with Crippen LogP contribution in [0.15, 0.2) is 37.2 Å². The van der Waals surface area contributed by atoms with Gasteiger partial charge in [-0.25, -0.2) is 9.97 Å². The van der Waals surface area contributed by atoms with E-state index in [1.807, 2.05) is 10.7 Å². The number of aromatic nitrogens is 5. The zero-order valence-electron chi connectivity index (χ0n) is 11.8. The summed E-state index contributed by atoms with van der Waals surface area (Å²) in [7, 11) is 0. The van der Waals surface area contributed by atoms with E-state index in [1.54, 1.807) is 31.1 Å². The van der Waals surface area contributed by atoms with Crippen LogP contribution in [0.1, 0.15) is 18.0 Å². The highest BCUT2D eigenvalue weighted by Crippen LogP contribution is 2.29. The third-order valence-electron chi connectivity index (χ3n) is 3.99. The lowest BCUT2D eigenvalue weighted by Gasteiger charge is -2.18. The SMILES string of the molecule is N#Cc1cnn(C2CCN(c3ncnc4cnccc34)C2)c1. The number of nitrogens with zero attached hydrogens (tertiary/aromatic N) is 7. The van der Waals surface area contributed by atoms with Gasteiger partial charge in [0.25, 0.3) is 0 Å². The molecule has 3 aromatic rings. The predicted molar refractivity (Wildman–Crippen MR) is 80.1 cm³/mol. The van der Waals surface area contributed by atoms with Gasteiger partial charge in [-0.1, -0.05) is 0 Å². The summed E-state index contributed by atoms with van der Waals surface area (Å²) in [6.07, 6.45) is 9.47. The molecule has 0 amide bonds. The van der Waals surface area contributed by atoms with E-state index in [-0.39, 0.29) is 6.04 Å². The minimum atomic E-state index is 0.258. The number of hydrogen-bond donors (Lipinski definition) is 0. The molecule has 4 rings (SSSR count). The molecule has 0 aliphatic carbocycles. The zero-order chi connectivity index (χ0) is 14.9. The largest absolute Gasteiger partial charge is 0.354 e. The number of pyridine rings is 1. The lowest BCUT2D eigenvalue weighted by Crippen LogP contribution is -2.22. The number of hydrogen-bond acceptors (Lipinski definition) is 6. The number of rotatable bonds is 2. The van der Waals surface area contributed by atoms with Crippen LogP contribution in [0, 0.1) is 11.3 Å². The molecule has 1 unspecified atom stereocenters. The van der Waals surface area contributed by atoms with Crippen molar-refractivity contribution in [3.63, 3.8) is 0 Å². The third-order valence-corrected chi connectivity index (χ3v) is 3.99. The number of nitriles is 1. The number of anilines is 1. The van der Waals surface area contributed by atoms with E-state index in [0.29, 0.717) is 5.56 Å². The highest BCUT2D eigenvalue weighted by Gasteiger charge is 2.26. The highest BCUT2D eigenvalue weighted by molar-refractivity contribution is 5.88. The average molecular weight is 291 g/mol. The molecule has 1 atom stereocenters. The van der Waals surface area contributed by atoms with Crippen LogP contribution in [0.3, 0.4) is 0 Å². The van der Waals surface area contributed by atoms with Gasteiger partial charge in [0.05, 0.1) is 29.5 Å². The van der Waals surface area contributed by atoms with Gasteiger partial charge in [0, 0.05) is 30.9 Å². The molecule has 0 N–H and O–H groups in total. The molecule has 1 aliphatic rings. The van der Waals surface area contributed by atoms with Crippen LogP contribution >= 0.6 is 0 Å². The Morgan fingerprint density at radius 3 is 3.09 bits per heavy atom. The van der Waals surface area contributed by atoms with E-state index in [9.17, 15) is 0 Å². The second kappa shape index (κ2) is 5.07. The Morgan fingerprint density at radius 2 is 2.23 bits per heavy atom. The van der Waals surface area contributed by atoms with Crippen molar-refractivity contribution in [1.82, 2.24) is 24.7 Å². The topological polar surface area (TPSA) is 83.5 Å². The molecule has 1 saturated heterocycles. The molecule has 4 heterocycles. The molecule has 0 aromatic carbocycles. The van der Waals surface area contributed by atoms with Gasteiger partial charge in [-0.3, -0.25) is 9.67 Å². The van der Waals surface area contributed by atoms with Crippen LogP contribution in [-0.2, 0) is 0 Å². The van der Waals surface area contributed by atoms with Crippen LogP contribution in [-0.4, -0.2) is 37.8 Å². The van der Waals surface area contributed by atoms with Crippen molar-refractivity contribution in [2.45, 2.75) is 12.5 Å². The van der Waals surface area contributed by atoms with Gasteiger partial charge in [0.15, 0.2) is 0 Å². The first kappa shape index (κ1) is 12.7. The summed E-state index contributed by atoms with van der Waals surface area (Å²) in [4.78, 5) is 15.0. The third kappa shape index (κ3) is 2.05. The molecular weight excluding hydrogens is 278 g/mol. The Labute approximate surface area is 126 Å². The van der Waals surface area contributed by atoms with Gasteiger partial charge in [0.1, 0.15) is 18.2 Å². The number of fused-ring (bicyclic) bond motifs is 1. The van der Waals surface area contributed by atoms with Crippen molar-refractivity contribution in [3.8, 4) is 6.07 Å². The average Bonchev–Trinajstić information content (AvgIpc) is 3.23. The first-order valence-electron chi connectivity index (χ1n) is 7.09. The van der Waals surface area contributed by atoms with E-state index in [2.05, 4.69) is 31.0 Å². The molecule has 1 aliphatic heterocycles. The van der Waals surface area contributed by atoms with Crippen LogP contribution in [0.5, 0.6) is 0 Å². The van der Waals surface area contributed by atoms with Crippen LogP contribution < -0.4 is 4.90 Å². The quantitative estimate of drug-likeness (QED) is 0.712. The molecule has 0 bridgehead atoms. The fourth-order valence-electron chi connectivity index (χ4n) is 2.89. The minimum absolute atomic E-state index is 0.258. The van der Waals surface area contributed by atoms with Gasteiger partial charge >= 0.3 is 0 Å². The fourth-order valence-corrected chi connectivity index (χ4v) is 2.89. The smallest absolute Gasteiger partial charge is 0.140 e. The molecule has 1 fully saturated rings. The molecule has 0 saturated carbocycles. The lowest BCUT2D eigenvalue weighted by atomic mass is 10.2. The van der Waals surface area contributed by atoms with E-state index in [1.165, 1.54) is 0 Å². The van der Waals surface area contributed by atoms with Gasteiger partial charge < -0.3 is 4.90 Å². The normalized spacial score (nSPS) is 17.8. The van der Waals surface area contributed by atoms with E-state index in [4.69, 9.17) is 5.26 Å². The molecule has 7 nitrogen and oxygen atoms in total. The summed E-state index contributed by atoms with van der Waals surface area (Å²) in [5.74, 6) is 0.933. The van der Waals surface area contributed by atoms with Gasteiger partial charge in [-0.2, -0.15) is 10.4 Å². The van der Waals surface area contributed by atoms with Crippen molar-refractivity contribution >= 4 is 16.7 Å². The van der Waals surface area contributed by atoms with Crippen molar-refractivity contribution in [1.29, 1.82) is 5.26 Å². The second-order valence-corrected chi connectivity index (χ2v) is 5.30. The summed E-state index contributed by atoms with van der Waals surface area (Å²) in [5.41, 5.74) is 1.44. The molecule has 22 heavy (non-hydrogen) atoms. The van der Waals surface area contributed by atoms with Crippen molar-refractivity contribution < 1.29 is 0 Å². The first-order valence-corrected chi connectivity index (χ1v) is 7.09. The van der Waals surface area contributed by atoms with Crippen LogP contribution in [0.25, 0.3) is 10.9 Å². The van der Waals surface area contributed by atoms with Gasteiger partial charge in [-0.05, 0) is 12.5 Å². The van der Waals surface area contributed by atoms with E-state index in [0.717, 1.165) is 36.2 Å². The lowest BCUT2D eigenvalue weighted by molar-refractivity contribution is 0.494. The van der Waals surface area contributed by atoms with Crippen LogP contribution in [0.4, 0.5) is 5.82 Å². The fraction of sp³-hybridized carbons (Fsp3) is 0.267. The Morgan fingerprint density at radius 1 is 1.27 bits per heavy atom. The molecule has 108 valence electrons. The van der Waals surface area contributed by atoms with E-state index < -0.39 is 0 Å². The summed E-state index contributed by atoms with van der Waals surface area (Å²) < 4.78 is 1.88. The van der Waals surface area contributed by atoms with Gasteiger partial charge in [0.2, 0.25) is 0 Å². The van der Waals surface area contributed by atoms with E-state index >= 15 is 0 Å². The summed E-state index contributed by atoms with van der Waals surface area (Å²) >= 11 is 0. The monoisotopic (exact) mass is 291 g/mol. The standard InChI is InChI=1S/C15H13N7/c16-5-11-6-20-22(8-11)12-2-4-21(9-12)15-13-1-3-17-7-14(13)18-10-19-15/h1,3,6-8,10,12H,2,4,9H2. The minimum Gasteiger partial charge on any atom is -0.354 e. The van der Waals surface area contributed by atoms with Crippen LogP contribution in [0.2, 0.25) is 0 Å². The summed E-state index contributed by atoms with van der Waals surface area (Å²) in [5, 5.41) is 14.2. The first-order chi connectivity index (χ1) is 10.8. The molecule has 7 heteroatoms. The molecule has 3 aromatic heterocycles. The second-order valence-electron chi connectivity index (χ2n) is 5.30. The Balaban J connectivity index is 1.63.